The summed E-state index contributed by atoms with van der Waals surface area (Å²) < 4.78 is 19.0. The summed E-state index contributed by atoms with van der Waals surface area (Å²) in [7, 11) is 0. The molecule has 36 heavy (non-hydrogen) atoms. The number of hydrogen-bond acceptors (Lipinski definition) is 5. The predicted octanol–water partition coefficient (Wildman–Crippen LogP) is 3.25. The van der Waals surface area contributed by atoms with Gasteiger partial charge in [-0.1, -0.05) is 19.9 Å². The maximum atomic E-state index is 13.6. The number of carbonyl (C=O) groups excluding carboxylic acids is 3. The molecule has 0 spiro atoms. The van der Waals surface area contributed by atoms with Crippen LogP contribution in [-0.4, -0.2) is 80.0 Å². The van der Waals surface area contributed by atoms with E-state index in [0.29, 0.717) is 75.7 Å². The third-order valence-electron chi connectivity index (χ3n) is 6.38. The molecule has 0 atom stereocenters. The third-order valence-corrected chi connectivity index (χ3v) is 6.38. The number of piperazine rings is 1. The van der Waals surface area contributed by atoms with Gasteiger partial charge in [0.05, 0.1) is 18.8 Å². The molecule has 2 fully saturated rings. The molecule has 2 heterocycles. The summed E-state index contributed by atoms with van der Waals surface area (Å²) in [4.78, 5) is 44.2. The number of hydrogen-bond donors (Lipinski definition) is 1. The molecule has 2 aliphatic rings. The van der Waals surface area contributed by atoms with Gasteiger partial charge in [-0.3, -0.25) is 14.4 Å². The van der Waals surface area contributed by atoms with Crippen LogP contribution in [0.15, 0.2) is 42.5 Å². The maximum absolute atomic E-state index is 13.6. The van der Waals surface area contributed by atoms with Gasteiger partial charge < -0.3 is 24.8 Å². The third kappa shape index (κ3) is 6.20. The first-order valence-corrected chi connectivity index (χ1v) is 12.4. The Labute approximate surface area is 211 Å². The molecule has 2 saturated heterocycles. The van der Waals surface area contributed by atoms with Crippen LogP contribution in [0.4, 0.5) is 15.8 Å². The zero-order valence-corrected chi connectivity index (χ0v) is 20.8. The largest absolute Gasteiger partial charge is 0.378 e. The van der Waals surface area contributed by atoms with Gasteiger partial charge in [0.2, 0.25) is 5.91 Å². The lowest BCUT2D eigenvalue weighted by Gasteiger charge is -2.37. The van der Waals surface area contributed by atoms with Gasteiger partial charge in [0.15, 0.2) is 0 Å². The molecular weight excluding hydrogens is 463 g/mol. The van der Waals surface area contributed by atoms with Crippen molar-refractivity contribution in [2.24, 2.45) is 5.92 Å². The molecule has 9 heteroatoms. The summed E-state index contributed by atoms with van der Waals surface area (Å²) in [6.45, 7) is 7.94. The van der Waals surface area contributed by atoms with Crippen molar-refractivity contribution in [3.05, 3.63) is 59.4 Å². The first-order chi connectivity index (χ1) is 17.3. The summed E-state index contributed by atoms with van der Waals surface area (Å²) in [5.74, 6) is -0.614. The van der Waals surface area contributed by atoms with Gasteiger partial charge in [-0.2, -0.15) is 0 Å². The Morgan fingerprint density at radius 3 is 2.28 bits per heavy atom. The summed E-state index contributed by atoms with van der Waals surface area (Å²) in [6, 6.07) is 11.1. The van der Waals surface area contributed by atoms with Gasteiger partial charge in [0.25, 0.3) is 11.8 Å². The molecule has 0 bridgehead atoms. The SMILES string of the molecule is CC(C)CC(=O)Nc1ccc(N2CCN(C(=O)c3cccc(F)c3)CC2)c(C(=O)N2CCOCC2)c1. The molecule has 1 N–H and O–H groups in total. The number of amides is 3. The van der Waals surface area contributed by atoms with Crippen molar-refractivity contribution in [3.8, 4) is 0 Å². The van der Waals surface area contributed by atoms with Crippen LogP contribution in [-0.2, 0) is 9.53 Å². The van der Waals surface area contributed by atoms with Crippen molar-refractivity contribution in [2.45, 2.75) is 20.3 Å². The molecule has 2 aromatic rings. The summed E-state index contributed by atoms with van der Waals surface area (Å²) >= 11 is 0. The second-order valence-corrected chi connectivity index (χ2v) is 9.57. The Balaban J connectivity index is 1.52. The normalized spacial score (nSPS) is 16.3. The highest BCUT2D eigenvalue weighted by atomic mass is 19.1. The standard InChI is InChI=1S/C27H33FN4O4/c1-19(2)16-25(33)29-22-6-7-24(23(18-22)27(35)32-12-14-36-15-13-32)30-8-10-31(11-9-30)26(34)20-4-3-5-21(28)17-20/h3-7,17-19H,8-16H2,1-2H3,(H,29,33). The van der Waals surface area contributed by atoms with E-state index in [4.69, 9.17) is 4.74 Å². The van der Waals surface area contributed by atoms with Crippen LogP contribution in [0.2, 0.25) is 0 Å². The van der Waals surface area contributed by atoms with E-state index in [1.165, 1.54) is 18.2 Å². The fourth-order valence-corrected chi connectivity index (χ4v) is 4.53. The van der Waals surface area contributed by atoms with E-state index in [1.807, 2.05) is 26.0 Å². The van der Waals surface area contributed by atoms with Crippen molar-refractivity contribution in [1.82, 2.24) is 9.80 Å². The maximum Gasteiger partial charge on any atom is 0.256 e. The molecule has 2 aliphatic heterocycles. The first kappa shape index (κ1) is 25.6. The van der Waals surface area contributed by atoms with Gasteiger partial charge >= 0.3 is 0 Å². The Kier molecular flexibility index (Phi) is 8.20. The molecule has 0 radical (unpaired) electrons. The zero-order valence-electron chi connectivity index (χ0n) is 20.8. The van der Waals surface area contributed by atoms with Gasteiger partial charge in [0.1, 0.15) is 5.82 Å². The number of anilines is 2. The number of benzene rings is 2. The van der Waals surface area contributed by atoms with Crippen LogP contribution in [0, 0.1) is 11.7 Å². The summed E-state index contributed by atoms with van der Waals surface area (Å²) in [5.41, 5.74) is 2.20. The number of nitrogens with zero attached hydrogens (tertiary/aromatic N) is 3. The fraction of sp³-hybridized carbons (Fsp3) is 0.444. The minimum absolute atomic E-state index is 0.0907. The highest BCUT2D eigenvalue weighted by Gasteiger charge is 2.28. The first-order valence-electron chi connectivity index (χ1n) is 12.4. The quantitative estimate of drug-likeness (QED) is 0.664. The monoisotopic (exact) mass is 496 g/mol. The topological polar surface area (TPSA) is 82.2 Å². The highest BCUT2D eigenvalue weighted by molar-refractivity contribution is 6.02. The van der Waals surface area contributed by atoms with Gasteiger partial charge in [-0.05, 0) is 42.3 Å². The number of carbonyl (C=O) groups is 3. The summed E-state index contributed by atoms with van der Waals surface area (Å²) in [6.07, 6.45) is 0.399. The van der Waals surface area contributed by atoms with E-state index in [0.717, 1.165) is 5.69 Å². The molecule has 0 unspecified atom stereocenters. The number of ether oxygens (including phenoxy) is 1. The zero-order chi connectivity index (χ0) is 25.7. The molecular formula is C27H33FN4O4. The minimum atomic E-state index is -0.439. The van der Waals surface area contributed by atoms with Crippen molar-refractivity contribution in [1.29, 1.82) is 0 Å². The lowest BCUT2D eigenvalue weighted by Crippen LogP contribution is -2.49. The predicted molar refractivity (Wildman–Crippen MR) is 136 cm³/mol. The number of morpholine rings is 1. The number of halogens is 1. The van der Waals surface area contributed by atoms with Crippen LogP contribution in [0.25, 0.3) is 0 Å². The molecule has 0 aliphatic carbocycles. The highest BCUT2D eigenvalue weighted by Crippen LogP contribution is 2.28. The lowest BCUT2D eigenvalue weighted by molar-refractivity contribution is -0.116. The van der Waals surface area contributed by atoms with Crippen LogP contribution >= 0.6 is 0 Å². The smallest absolute Gasteiger partial charge is 0.256 e. The summed E-state index contributed by atoms with van der Waals surface area (Å²) in [5, 5.41) is 2.91. The average Bonchev–Trinajstić information content (AvgIpc) is 2.88. The van der Waals surface area contributed by atoms with E-state index in [9.17, 15) is 18.8 Å². The van der Waals surface area contributed by atoms with Crippen molar-refractivity contribution in [2.75, 3.05) is 62.7 Å². The second-order valence-electron chi connectivity index (χ2n) is 9.57. The molecule has 3 amide bonds. The van der Waals surface area contributed by atoms with E-state index in [1.54, 1.807) is 21.9 Å². The minimum Gasteiger partial charge on any atom is -0.378 e. The Hall–Kier alpha value is -3.46. The van der Waals surface area contributed by atoms with Crippen molar-refractivity contribution < 1.29 is 23.5 Å². The molecule has 4 rings (SSSR count). The van der Waals surface area contributed by atoms with Crippen LogP contribution in [0.5, 0.6) is 0 Å². The number of rotatable bonds is 6. The number of nitrogens with one attached hydrogen (secondary N) is 1. The van der Waals surface area contributed by atoms with E-state index in [-0.39, 0.29) is 23.6 Å². The van der Waals surface area contributed by atoms with Crippen LogP contribution < -0.4 is 10.2 Å². The molecule has 0 saturated carbocycles. The molecule has 192 valence electrons. The van der Waals surface area contributed by atoms with Crippen LogP contribution in [0.3, 0.4) is 0 Å². The lowest BCUT2D eigenvalue weighted by atomic mass is 10.1. The molecule has 8 nitrogen and oxygen atoms in total. The van der Waals surface area contributed by atoms with Gasteiger partial charge in [-0.15, -0.1) is 0 Å². The van der Waals surface area contributed by atoms with Gasteiger partial charge in [-0.25, -0.2) is 4.39 Å². The fourth-order valence-electron chi connectivity index (χ4n) is 4.53. The van der Waals surface area contributed by atoms with Gasteiger partial charge in [0, 0.05) is 62.6 Å². The van der Waals surface area contributed by atoms with Crippen molar-refractivity contribution >= 4 is 29.1 Å². The average molecular weight is 497 g/mol. The second kappa shape index (κ2) is 11.5. The van der Waals surface area contributed by atoms with E-state index < -0.39 is 5.82 Å². The van der Waals surface area contributed by atoms with E-state index >= 15 is 0 Å². The molecule has 2 aromatic carbocycles. The van der Waals surface area contributed by atoms with E-state index in [2.05, 4.69) is 10.2 Å². The molecule has 0 aromatic heterocycles. The van der Waals surface area contributed by atoms with Crippen LogP contribution in [0.1, 0.15) is 41.0 Å². The Morgan fingerprint density at radius 1 is 0.917 bits per heavy atom. The Morgan fingerprint density at radius 2 is 1.61 bits per heavy atom. The Bertz CT molecular complexity index is 1110. The van der Waals surface area contributed by atoms with Crippen molar-refractivity contribution in [3.63, 3.8) is 0 Å².